The Kier molecular flexibility index (Phi) is 11.0. The minimum absolute atomic E-state index is 0.0657. The zero-order valence-corrected chi connectivity index (χ0v) is 25.6. The molecular weight excluding hydrogens is 593 g/mol. The molecule has 1 saturated heterocycles. The quantitative estimate of drug-likeness (QED) is 0.196. The fourth-order valence-electron chi connectivity index (χ4n) is 5.91. The highest BCUT2D eigenvalue weighted by molar-refractivity contribution is 5.92. The molecule has 1 aliphatic rings. The predicted molar refractivity (Wildman–Crippen MR) is 170 cm³/mol. The number of aryl methyl sites for hydroxylation is 1. The summed E-state index contributed by atoms with van der Waals surface area (Å²) in [6.07, 6.45) is 3.92. The van der Waals surface area contributed by atoms with E-state index in [1.807, 2.05) is 23.1 Å². The SMILES string of the molecule is Cc1cc(F)cc([C@@H](CC(=O)Nc2cncc(F)c2CCC[C@H]2CNCCN2C(=O)COc2ccccc2)c2ccc(F)cc2)c1. The van der Waals surface area contributed by atoms with E-state index < -0.39 is 29.3 Å². The van der Waals surface area contributed by atoms with Gasteiger partial charge in [0.1, 0.15) is 23.2 Å². The molecule has 10 heteroatoms. The molecule has 0 aliphatic carbocycles. The Bertz CT molecular complexity index is 1620. The van der Waals surface area contributed by atoms with E-state index in [0.29, 0.717) is 66.9 Å². The topological polar surface area (TPSA) is 83.6 Å². The molecule has 46 heavy (non-hydrogen) atoms. The number of piperazine rings is 1. The van der Waals surface area contributed by atoms with Crippen molar-refractivity contribution in [1.82, 2.24) is 15.2 Å². The van der Waals surface area contributed by atoms with Gasteiger partial charge in [-0.15, -0.1) is 0 Å². The van der Waals surface area contributed by atoms with E-state index in [-0.39, 0.29) is 30.7 Å². The third-order valence-corrected chi connectivity index (χ3v) is 8.15. The number of carbonyl (C=O) groups is 2. The minimum Gasteiger partial charge on any atom is -0.484 e. The van der Waals surface area contributed by atoms with E-state index in [1.54, 1.807) is 37.3 Å². The molecule has 0 bridgehead atoms. The fraction of sp³-hybridized carbons (Fsp3) is 0.306. The Labute approximate surface area is 266 Å². The Morgan fingerprint density at radius 2 is 1.78 bits per heavy atom. The number of amides is 2. The lowest BCUT2D eigenvalue weighted by Crippen LogP contribution is -2.54. The van der Waals surface area contributed by atoms with E-state index in [9.17, 15) is 18.4 Å². The van der Waals surface area contributed by atoms with Crippen molar-refractivity contribution in [3.8, 4) is 5.75 Å². The number of hydrogen-bond acceptors (Lipinski definition) is 5. The first-order chi connectivity index (χ1) is 22.3. The predicted octanol–water partition coefficient (Wildman–Crippen LogP) is 6.17. The van der Waals surface area contributed by atoms with Gasteiger partial charge in [0, 0.05) is 43.6 Å². The molecule has 0 spiro atoms. The smallest absolute Gasteiger partial charge is 0.260 e. The van der Waals surface area contributed by atoms with Gasteiger partial charge in [-0.05, 0) is 79.3 Å². The number of nitrogens with one attached hydrogen (secondary N) is 2. The Hall–Kier alpha value is -4.70. The van der Waals surface area contributed by atoms with Crippen molar-refractivity contribution >= 4 is 17.5 Å². The number of ether oxygens (including phenoxy) is 1. The van der Waals surface area contributed by atoms with Gasteiger partial charge in [0.05, 0.1) is 18.1 Å². The first-order valence-corrected chi connectivity index (χ1v) is 15.4. The van der Waals surface area contributed by atoms with Crippen LogP contribution in [0.2, 0.25) is 0 Å². The van der Waals surface area contributed by atoms with Crippen molar-refractivity contribution in [1.29, 1.82) is 0 Å². The molecule has 1 aromatic heterocycles. The van der Waals surface area contributed by atoms with Crippen LogP contribution in [0.3, 0.4) is 0 Å². The maximum atomic E-state index is 15.1. The molecule has 1 aliphatic heterocycles. The van der Waals surface area contributed by atoms with Gasteiger partial charge >= 0.3 is 0 Å². The van der Waals surface area contributed by atoms with Crippen LogP contribution in [0, 0.1) is 24.4 Å². The van der Waals surface area contributed by atoms with Crippen LogP contribution in [0.25, 0.3) is 0 Å². The Balaban J connectivity index is 1.24. The summed E-state index contributed by atoms with van der Waals surface area (Å²) >= 11 is 0. The van der Waals surface area contributed by atoms with Crippen molar-refractivity contribution in [2.75, 3.05) is 31.6 Å². The second-order valence-electron chi connectivity index (χ2n) is 11.5. The Morgan fingerprint density at radius 3 is 2.54 bits per heavy atom. The van der Waals surface area contributed by atoms with Crippen LogP contribution in [-0.4, -0.2) is 54.0 Å². The summed E-state index contributed by atoms with van der Waals surface area (Å²) < 4.78 is 48.8. The summed E-state index contributed by atoms with van der Waals surface area (Å²) in [5.41, 5.74) is 2.48. The normalized spacial score (nSPS) is 15.3. The average Bonchev–Trinajstić information content (AvgIpc) is 3.04. The summed E-state index contributed by atoms with van der Waals surface area (Å²) in [5.74, 6) is -1.86. The second kappa shape index (κ2) is 15.5. The maximum Gasteiger partial charge on any atom is 0.260 e. The van der Waals surface area contributed by atoms with E-state index >= 15 is 4.39 Å². The molecule has 7 nitrogen and oxygen atoms in total. The van der Waals surface area contributed by atoms with Crippen LogP contribution in [0.1, 0.15) is 47.4 Å². The van der Waals surface area contributed by atoms with Crippen LogP contribution < -0.4 is 15.4 Å². The zero-order valence-electron chi connectivity index (χ0n) is 25.6. The van der Waals surface area contributed by atoms with E-state index in [0.717, 1.165) is 6.20 Å². The molecule has 3 aromatic carbocycles. The van der Waals surface area contributed by atoms with E-state index in [2.05, 4.69) is 15.6 Å². The minimum atomic E-state index is -0.562. The fourth-order valence-corrected chi connectivity index (χ4v) is 5.91. The summed E-state index contributed by atoms with van der Waals surface area (Å²) in [5, 5.41) is 6.13. The van der Waals surface area contributed by atoms with Gasteiger partial charge in [0.15, 0.2) is 6.61 Å². The highest BCUT2D eigenvalue weighted by atomic mass is 19.1. The number of para-hydroxylation sites is 1. The van der Waals surface area contributed by atoms with E-state index in [1.165, 1.54) is 30.5 Å². The van der Waals surface area contributed by atoms with Crippen molar-refractivity contribution in [2.45, 2.75) is 44.6 Å². The molecule has 5 rings (SSSR count). The molecule has 2 amide bonds. The molecular formula is C36H37F3N4O3. The summed E-state index contributed by atoms with van der Waals surface area (Å²) in [7, 11) is 0. The van der Waals surface area contributed by atoms with Crippen molar-refractivity contribution < 1.29 is 27.5 Å². The lowest BCUT2D eigenvalue weighted by atomic mass is 9.87. The number of halogens is 3. The second-order valence-corrected chi connectivity index (χ2v) is 11.5. The van der Waals surface area contributed by atoms with Gasteiger partial charge in [-0.3, -0.25) is 14.6 Å². The van der Waals surface area contributed by atoms with Crippen LogP contribution in [0.15, 0.2) is 85.2 Å². The third kappa shape index (κ3) is 8.72. The number of hydrogen-bond donors (Lipinski definition) is 2. The third-order valence-electron chi connectivity index (χ3n) is 8.15. The molecule has 240 valence electrons. The van der Waals surface area contributed by atoms with Crippen molar-refractivity contribution in [2.24, 2.45) is 0 Å². The van der Waals surface area contributed by atoms with Crippen LogP contribution in [-0.2, 0) is 16.0 Å². The molecule has 2 atom stereocenters. The van der Waals surface area contributed by atoms with E-state index in [4.69, 9.17) is 4.74 Å². The number of aromatic nitrogens is 1. The molecule has 1 fully saturated rings. The van der Waals surface area contributed by atoms with Gasteiger partial charge in [-0.25, -0.2) is 13.2 Å². The van der Waals surface area contributed by atoms with Gasteiger partial charge in [0.25, 0.3) is 5.91 Å². The lowest BCUT2D eigenvalue weighted by molar-refractivity contribution is -0.136. The number of benzene rings is 3. The van der Waals surface area contributed by atoms with Crippen molar-refractivity contribution in [3.05, 3.63) is 125 Å². The highest BCUT2D eigenvalue weighted by Crippen LogP contribution is 2.31. The average molecular weight is 631 g/mol. The summed E-state index contributed by atoms with van der Waals surface area (Å²) in [6.45, 7) is 3.53. The number of rotatable bonds is 12. The molecule has 2 N–H and O–H groups in total. The van der Waals surface area contributed by atoms with Crippen LogP contribution in [0.5, 0.6) is 5.75 Å². The Morgan fingerprint density at radius 1 is 1.00 bits per heavy atom. The molecule has 0 unspecified atom stereocenters. The molecule has 0 saturated carbocycles. The molecule has 4 aromatic rings. The highest BCUT2D eigenvalue weighted by Gasteiger charge is 2.27. The first-order valence-electron chi connectivity index (χ1n) is 15.4. The number of nitrogens with zero attached hydrogens (tertiary/aromatic N) is 2. The monoisotopic (exact) mass is 630 g/mol. The standard InChI is InChI=1S/C36H37F3N4O3/c1-24-16-26(18-28(38)17-24)32(25-10-12-27(37)13-11-25)19-35(44)42-34-22-41-21-33(39)31(34)9-5-6-29-20-40-14-15-43(29)36(45)23-46-30-7-3-2-4-8-30/h2-4,7-8,10-13,16-18,21-22,29,32,40H,5-6,9,14-15,19-20,23H2,1H3,(H,42,44)/t29-,32-/m0/s1. The van der Waals surface area contributed by atoms with Crippen LogP contribution in [0.4, 0.5) is 18.9 Å². The zero-order chi connectivity index (χ0) is 32.5. The van der Waals surface area contributed by atoms with Gasteiger partial charge in [-0.1, -0.05) is 36.4 Å². The van der Waals surface area contributed by atoms with Gasteiger partial charge in [0.2, 0.25) is 5.91 Å². The number of pyridine rings is 1. The first kappa shape index (κ1) is 32.7. The number of anilines is 1. The number of carbonyl (C=O) groups excluding carboxylic acids is 2. The van der Waals surface area contributed by atoms with Gasteiger partial charge < -0.3 is 20.3 Å². The largest absolute Gasteiger partial charge is 0.484 e. The van der Waals surface area contributed by atoms with Gasteiger partial charge in [-0.2, -0.15) is 0 Å². The molecule has 2 heterocycles. The van der Waals surface area contributed by atoms with Crippen LogP contribution >= 0.6 is 0 Å². The summed E-state index contributed by atoms with van der Waals surface area (Å²) in [4.78, 5) is 32.2. The lowest BCUT2D eigenvalue weighted by Gasteiger charge is -2.36. The maximum absolute atomic E-state index is 15.1. The summed E-state index contributed by atoms with van der Waals surface area (Å²) in [6, 6.07) is 19.4. The molecule has 0 radical (unpaired) electrons. The van der Waals surface area contributed by atoms with Crippen molar-refractivity contribution in [3.63, 3.8) is 0 Å².